The summed E-state index contributed by atoms with van der Waals surface area (Å²) in [5, 5.41) is 0.823. The van der Waals surface area contributed by atoms with Gasteiger partial charge in [0.05, 0.1) is 0 Å². The Bertz CT molecular complexity index is 299. The lowest BCUT2D eigenvalue weighted by Crippen LogP contribution is -2.05. The number of nitrogen functional groups attached to an aromatic ring is 1. The molecular formula is C14H21NS. The maximum absolute atomic E-state index is 5.70. The highest BCUT2D eigenvalue weighted by Gasteiger charge is 2.12. The van der Waals surface area contributed by atoms with Crippen LogP contribution in [0.25, 0.3) is 0 Å². The third-order valence-electron chi connectivity index (χ3n) is 3.24. The average Bonchev–Trinajstić information content (AvgIpc) is 2.25. The Morgan fingerprint density at radius 1 is 0.875 bits per heavy atom. The van der Waals surface area contributed by atoms with E-state index >= 15 is 0 Å². The van der Waals surface area contributed by atoms with Gasteiger partial charge in [0.25, 0.3) is 0 Å². The fourth-order valence-electron chi connectivity index (χ4n) is 2.28. The molecule has 1 aromatic rings. The summed E-state index contributed by atoms with van der Waals surface area (Å²) in [6.45, 7) is 0. The summed E-state index contributed by atoms with van der Waals surface area (Å²) < 4.78 is 0. The van der Waals surface area contributed by atoms with Crippen LogP contribution in [0, 0.1) is 0 Å². The largest absolute Gasteiger partial charge is 0.399 e. The molecule has 0 spiro atoms. The zero-order chi connectivity index (χ0) is 11.2. The minimum Gasteiger partial charge on any atom is -0.399 e. The molecule has 1 fully saturated rings. The van der Waals surface area contributed by atoms with Crippen molar-refractivity contribution in [2.75, 3.05) is 5.73 Å². The van der Waals surface area contributed by atoms with Crippen molar-refractivity contribution in [2.45, 2.75) is 55.1 Å². The molecule has 0 unspecified atom stereocenters. The van der Waals surface area contributed by atoms with Crippen LogP contribution in [0.1, 0.15) is 44.9 Å². The molecule has 1 nitrogen and oxygen atoms in total. The molecule has 1 saturated carbocycles. The van der Waals surface area contributed by atoms with Crippen LogP contribution < -0.4 is 5.73 Å². The second-order valence-electron chi connectivity index (χ2n) is 4.65. The van der Waals surface area contributed by atoms with Crippen LogP contribution >= 0.6 is 11.8 Å². The van der Waals surface area contributed by atoms with Gasteiger partial charge < -0.3 is 5.73 Å². The van der Waals surface area contributed by atoms with Crippen LogP contribution in [0.15, 0.2) is 29.2 Å². The molecule has 2 heteroatoms. The van der Waals surface area contributed by atoms with Gasteiger partial charge in [-0.25, -0.2) is 0 Å². The lowest BCUT2D eigenvalue weighted by atomic mass is 10.0. The van der Waals surface area contributed by atoms with E-state index in [0.717, 1.165) is 10.9 Å². The smallest absolute Gasteiger partial charge is 0.0314 e. The molecule has 0 atom stereocenters. The van der Waals surface area contributed by atoms with E-state index in [-0.39, 0.29) is 0 Å². The predicted molar refractivity (Wildman–Crippen MR) is 72.8 cm³/mol. The van der Waals surface area contributed by atoms with Crippen molar-refractivity contribution in [1.29, 1.82) is 0 Å². The van der Waals surface area contributed by atoms with Crippen molar-refractivity contribution >= 4 is 17.4 Å². The lowest BCUT2D eigenvalue weighted by molar-refractivity contribution is 0.513. The summed E-state index contributed by atoms with van der Waals surface area (Å²) in [6, 6.07) is 8.31. The summed E-state index contributed by atoms with van der Waals surface area (Å²) in [5.74, 6) is 0. The SMILES string of the molecule is Nc1ccc(SC2CCCCCCC2)cc1. The minimum atomic E-state index is 0.823. The number of benzene rings is 1. The normalized spacial score (nSPS) is 19.0. The molecular weight excluding hydrogens is 214 g/mol. The second kappa shape index (κ2) is 6.19. The summed E-state index contributed by atoms with van der Waals surface area (Å²) >= 11 is 2.04. The van der Waals surface area contributed by atoms with Crippen molar-refractivity contribution in [3.63, 3.8) is 0 Å². The monoisotopic (exact) mass is 235 g/mol. The van der Waals surface area contributed by atoms with Crippen LogP contribution in [0.2, 0.25) is 0 Å². The molecule has 1 aliphatic rings. The summed E-state index contributed by atoms with van der Waals surface area (Å²) in [5.41, 5.74) is 6.56. The Hall–Kier alpha value is -0.630. The molecule has 0 heterocycles. The maximum Gasteiger partial charge on any atom is 0.0314 e. The summed E-state index contributed by atoms with van der Waals surface area (Å²) in [6.07, 6.45) is 9.89. The van der Waals surface area contributed by atoms with E-state index in [1.807, 2.05) is 23.9 Å². The van der Waals surface area contributed by atoms with Gasteiger partial charge in [0.1, 0.15) is 0 Å². The third-order valence-corrected chi connectivity index (χ3v) is 4.58. The first-order valence-electron chi connectivity index (χ1n) is 6.37. The van der Waals surface area contributed by atoms with Gasteiger partial charge in [-0.05, 0) is 37.1 Å². The first-order chi connectivity index (χ1) is 7.84. The van der Waals surface area contributed by atoms with E-state index in [9.17, 15) is 0 Å². The quantitative estimate of drug-likeness (QED) is 0.765. The van der Waals surface area contributed by atoms with Gasteiger partial charge in [-0.1, -0.05) is 32.1 Å². The van der Waals surface area contributed by atoms with Crippen LogP contribution in [0.4, 0.5) is 5.69 Å². The van der Waals surface area contributed by atoms with Crippen LogP contribution in [0.5, 0.6) is 0 Å². The molecule has 0 aliphatic heterocycles. The van der Waals surface area contributed by atoms with E-state index in [1.54, 1.807) is 0 Å². The Morgan fingerprint density at radius 2 is 1.44 bits per heavy atom. The highest BCUT2D eigenvalue weighted by atomic mass is 32.2. The topological polar surface area (TPSA) is 26.0 Å². The van der Waals surface area contributed by atoms with E-state index in [4.69, 9.17) is 5.73 Å². The predicted octanol–water partition coefficient (Wildman–Crippen LogP) is 4.47. The third kappa shape index (κ3) is 3.75. The number of hydrogen-bond donors (Lipinski definition) is 1. The first-order valence-corrected chi connectivity index (χ1v) is 7.25. The standard InChI is InChI=1S/C14H21NS/c15-12-8-10-14(11-9-12)16-13-6-4-2-1-3-5-7-13/h8-11,13H,1-7,15H2. The van der Waals surface area contributed by atoms with Crippen LogP contribution in [0.3, 0.4) is 0 Å². The molecule has 1 aromatic carbocycles. The van der Waals surface area contributed by atoms with Gasteiger partial charge >= 0.3 is 0 Å². The van der Waals surface area contributed by atoms with Gasteiger partial charge in [-0.15, -0.1) is 11.8 Å². The van der Waals surface area contributed by atoms with Crippen LogP contribution in [-0.2, 0) is 0 Å². The molecule has 0 amide bonds. The van der Waals surface area contributed by atoms with Crippen LogP contribution in [-0.4, -0.2) is 5.25 Å². The number of thioether (sulfide) groups is 1. The molecule has 2 rings (SSSR count). The average molecular weight is 235 g/mol. The van der Waals surface area contributed by atoms with E-state index in [2.05, 4.69) is 12.1 Å². The Labute approximate surface area is 103 Å². The van der Waals surface area contributed by atoms with E-state index < -0.39 is 0 Å². The number of nitrogens with two attached hydrogens (primary N) is 1. The fourth-order valence-corrected chi connectivity index (χ4v) is 3.52. The van der Waals surface area contributed by atoms with Crippen molar-refractivity contribution in [3.8, 4) is 0 Å². The van der Waals surface area contributed by atoms with Gasteiger partial charge in [0, 0.05) is 15.8 Å². The summed E-state index contributed by atoms with van der Waals surface area (Å²) in [7, 11) is 0. The van der Waals surface area contributed by atoms with Crippen molar-refractivity contribution in [2.24, 2.45) is 0 Å². The van der Waals surface area contributed by atoms with E-state index in [0.29, 0.717) is 0 Å². The lowest BCUT2D eigenvalue weighted by Gasteiger charge is -2.19. The second-order valence-corrected chi connectivity index (χ2v) is 6.03. The Kier molecular flexibility index (Phi) is 4.58. The minimum absolute atomic E-state index is 0.823. The molecule has 16 heavy (non-hydrogen) atoms. The Morgan fingerprint density at radius 3 is 2.06 bits per heavy atom. The van der Waals surface area contributed by atoms with E-state index in [1.165, 1.54) is 49.8 Å². The molecule has 0 aromatic heterocycles. The number of anilines is 1. The first kappa shape index (κ1) is 11.8. The molecule has 0 radical (unpaired) electrons. The van der Waals surface area contributed by atoms with Crippen molar-refractivity contribution in [1.82, 2.24) is 0 Å². The number of rotatable bonds is 2. The fraction of sp³-hybridized carbons (Fsp3) is 0.571. The van der Waals surface area contributed by atoms with Crippen molar-refractivity contribution < 1.29 is 0 Å². The highest BCUT2D eigenvalue weighted by molar-refractivity contribution is 8.00. The molecule has 0 bridgehead atoms. The zero-order valence-electron chi connectivity index (χ0n) is 9.82. The molecule has 0 saturated heterocycles. The molecule has 1 aliphatic carbocycles. The molecule has 2 N–H and O–H groups in total. The number of hydrogen-bond acceptors (Lipinski definition) is 2. The maximum atomic E-state index is 5.70. The Balaban J connectivity index is 1.89. The highest BCUT2D eigenvalue weighted by Crippen LogP contribution is 2.32. The van der Waals surface area contributed by atoms with Gasteiger partial charge in [0.15, 0.2) is 0 Å². The molecule has 88 valence electrons. The zero-order valence-corrected chi connectivity index (χ0v) is 10.6. The van der Waals surface area contributed by atoms with Gasteiger partial charge in [-0.3, -0.25) is 0 Å². The van der Waals surface area contributed by atoms with Gasteiger partial charge in [-0.2, -0.15) is 0 Å². The summed E-state index contributed by atoms with van der Waals surface area (Å²) in [4.78, 5) is 1.37. The van der Waals surface area contributed by atoms with Crippen molar-refractivity contribution in [3.05, 3.63) is 24.3 Å². The van der Waals surface area contributed by atoms with Gasteiger partial charge in [0.2, 0.25) is 0 Å².